The van der Waals surface area contributed by atoms with E-state index < -0.39 is 16.1 Å². The van der Waals surface area contributed by atoms with Crippen molar-refractivity contribution in [2.45, 2.75) is 24.8 Å². The summed E-state index contributed by atoms with van der Waals surface area (Å²) in [4.78, 5) is 15.4. The number of methoxy groups -OCH3 is 1. The molecule has 152 valence electrons. The second kappa shape index (κ2) is 8.46. The van der Waals surface area contributed by atoms with Crippen molar-refractivity contribution in [3.8, 4) is 11.4 Å². The number of carbonyl (C=O) groups excluding carboxylic acids is 1. The van der Waals surface area contributed by atoms with Crippen LogP contribution >= 0.6 is 0 Å². The van der Waals surface area contributed by atoms with Gasteiger partial charge in [0.15, 0.2) is 0 Å². The number of nitrogens with zero attached hydrogens (tertiary/aromatic N) is 2. The standard InChI is InChI=1S/C20H22N4O4S/c1-14(16-4-6-17(7-5-16)24-11-10-21-13-24)23-29(26,27)18-8-9-20(28-3)19(12-18)22-15(2)25/h4-14,23H,1-3H3,(H,22,25). The van der Waals surface area contributed by atoms with Crippen molar-refractivity contribution in [1.82, 2.24) is 14.3 Å². The molecule has 0 saturated heterocycles. The van der Waals surface area contributed by atoms with Crippen LogP contribution in [0.25, 0.3) is 5.69 Å². The highest BCUT2D eigenvalue weighted by Gasteiger charge is 2.20. The molecule has 0 spiro atoms. The van der Waals surface area contributed by atoms with Crippen molar-refractivity contribution >= 4 is 21.6 Å². The maximum absolute atomic E-state index is 12.8. The summed E-state index contributed by atoms with van der Waals surface area (Å²) in [5.74, 6) is 0.0550. The molecule has 3 aromatic rings. The van der Waals surface area contributed by atoms with Crippen LogP contribution in [0.5, 0.6) is 5.75 Å². The number of hydrogen-bond acceptors (Lipinski definition) is 5. The lowest BCUT2D eigenvalue weighted by Crippen LogP contribution is -2.27. The van der Waals surface area contributed by atoms with Crippen LogP contribution < -0.4 is 14.8 Å². The molecule has 0 radical (unpaired) electrons. The zero-order chi connectivity index (χ0) is 21.0. The zero-order valence-electron chi connectivity index (χ0n) is 16.3. The van der Waals surface area contributed by atoms with Crippen molar-refractivity contribution in [2.75, 3.05) is 12.4 Å². The van der Waals surface area contributed by atoms with E-state index in [9.17, 15) is 13.2 Å². The SMILES string of the molecule is COc1ccc(S(=O)(=O)NC(C)c2ccc(-n3ccnc3)cc2)cc1NC(C)=O. The number of benzene rings is 2. The fourth-order valence-electron chi connectivity index (χ4n) is 2.86. The molecule has 1 unspecified atom stereocenters. The molecular weight excluding hydrogens is 392 g/mol. The molecule has 29 heavy (non-hydrogen) atoms. The van der Waals surface area contributed by atoms with Gasteiger partial charge in [0.05, 0.1) is 24.0 Å². The molecule has 0 aliphatic rings. The lowest BCUT2D eigenvalue weighted by atomic mass is 10.1. The molecule has 1 amide bonds. The van der Waals surface area contributed by atoms with E-state index in [0.717, 1.165) is 11.3 Å². The summed E-state index contributed by atoms with van der Waals surface area (Å²) in [6.45, 7) is 3.11. The summed E-state index contributed by atoms with van der Waals surface area (Å²) in [6.07, 6.45) is 5.21. The molecule has 0 aliphatic carbocycles. The Kier molecular flexibility index (Phi) is 6.00. The summed E-state index contributed by atoms with van der Waals surface area (Å²) in [5.41, 5.74) is 2.03. The Morgan fingerprint density at radius 2 is 1.90 bits per heavy atom. The third kappa shape index (κ3) is 4.82. The second-order valence-electron chi connectivity index (χ2n) is 6.45. The summed E-state index contributed by atoms with van der Waals surface area (Å²) in [6, 6.07) is 11.4. The number of anilines is 1. The Morgan fingerprint density at radius 3 is 2.48 bits per heavy atom. The van der Waals surface area contributed by atoms with Crippen LogP contribution in [0.2, 0.25) is 0 Å². The number of amides is 1. The van der Waals surface area contributed by atoms with Crippen molar-refractivity contribution in [1.29, 1.82) is 0 Å². The van der Waals surface area contributed by atoms with Crippen LogP contribution in [-0.4, -0.2) is 31.0 Å². The topological polar surface area (TPSA) is 102 Å². The predicted octanol–water partition coefficient (Wildman–Crippen LogP) is 2.88. The van der Waals surface area contributed by atoms with Crippen LogP contribution in [0.15, 0.2) is 66.1 Å². The van der Waals surface area contributed by atoms with Gasteiger partial charge in [-0.05, 0) is 42.8 Å². The first-order chi connectivity index (χ1) is 13.8. The van der Waals surface area contributed by atoms with Gasteiger partial charge in [0.1, 0.15) is 5.75 Å². The number of sulfonamides is 1. The Labute approximate surface area is 169 Å². The predicted molar refractivity (Wildman–Crippen MR) is 110 cm³/mol. The fourth-order valence-corrected chi connectivity index (χ4v) is 4.12. The molecule has 1 atom stereocenters. The molecule has 3 rings (SSSR count). The highest BCUT2D eigenvalue weighted by atomic mass is 32.2. The number of hydrogen-bond donors (Lipinski definition) is 2. The molecule has 1 heterocycles. The maximum Gasteiger partial charge on any atom is 0.241 e. The van der Waals surface area contributed by atoms with E-state index in [1.807, 2.05) is 35.0 Å². The van der Waals surface area contributed by atoms with Gasteiger partial charge in [-0.2, -0.15) is 0 Å². The van der Waals surface area contributed by atoms with Gasteiger partial charge in [-0.1, -0.05) is 12.1 Å². The zero-order valence-corrected chi connectivity index (χ0v) is 17.1. The Bertz CT molecular complexity index is 1090. The highest BCUT2D eigenvalue weighted by molar-refractivity contribution is 7.89. The normalized spacial score (nSPS) is 12.4. The average molecular weight is 414 g/mol. The summed E-state index contributed by atoms with van der Waals surface area (Å²) in [5, 5.41) is 2.58. The van der Waals surface area contributed by atoms with E-state index in [4.69, 9.17) is 4.74 Å². The third-order valence-electron chi connectivity index (χ3n) is 4.32. The summed E-state index contributed by atoms with van der Waals surface area (Å²) < 4.78 is 35.4. The minimum Gasteiger partial charge on any atom is -0.495 e. The first kappa shape index (κ1) is 20.6. The molecule has 9 heteroatoms. The lowest BCUT2D eigenvalue weighted by Gasteiger charge is -2.17. The summed E-state index contributed by atoms with van der Waals surface area (Å²) in [7, 11) is -2.37. The van der Waals surface area contributed by atoms with Gasteiger partial charge in [-0.3, -0.25) is 4.79 Å². The van der Waals surface area contributed by atoms with Gasteiger partial charge in [-0.25, -0.2) is 18.1 Å². The molecule has 0 fully saturated rings. The monoisotopic (exact) mass is 414 g/mol. The third-order valence-corrected chi connectivity index (χ3v) is 5.86. The van der Waals surface area contributed by atoms with E-state index in [0.29, 0.717) is 11.4 Å². The van der Waals surface area contributed by atoms with Gasteiger partial charge >= 0.3 is 0 Å². The molecule has 2 aromatic carbocycles. The second-order valence-corrected chi connectivity index (χ2v) is 8.16. The molecule has 2 N–H and O–H groups in total. The Morgan fingerprint density at radius 1 is 1.17 bits per heavy atom. The Hall–Kier alpha value is -3.17. The fraction of sp³-hybridized carbons (Fsp3) is 0.200. The van der Waals surface area contributed by atoms with Gasteiger partial charge in [0.25, 0.3) is 0 Å². The number of rotatable bonds is 7. The van der Waals surface area contributed by atoms with E-state index in [1.54, 1.807) is 19.4 Å². The largest absolute Gasteiger partial charge is 0.495 e. The molecule has 0 aliphatic heterocycles. The van der Waals surface area contributed by atoms with E-state index >= 15 is 0 Å². The van der Waals surface area contributed by atoms with Gasteiger partial charge in [-0.15, -0.1) is 0 Å². The smallest absolute Gasteiger partial charge is 0.241 e. The van der Waals surface area contributed by atoms with Crippen molar-refractivity contribution in [2.24, 2.45) is 0 Å². The molecule has 0 bridgehead atoms. The summed E-state index contributed by atoms with van der Waals surface area (Å²) >= 11 is 0. The highest BCUT2D eigenvalue weighted by Crippen LogP contribution is 2.28. The first-order valence-electron chi connectivity index (χ1n) is 8.86. The molecular formula is C20H22N4O4S. The van der Waals surface area contributed by atoms with Gasteiger partial charge in [0, 0.05) is 31.0 Å². The van der Waals surface area contributed by atoms with E-state index in [2.05, 4.69) is 15.0 Å². The van der Waals surface area contributed by atoms with Crippen molar-refractivity contribution in [3.63, 3.8) is 0 Å². The number of carbonyl (C=O) groups is 1. The maximum atomic E-state index is 12.8. The molecule has 0 saturated carbocycles. The van der Waals surface area contributed by atoms with Crippen LogP contribution in [0, 0.1) is 0 Å². The van der Waals surface area contributed by atoms with Gasteiger partial charge in [0.2, 0.25) is 15.9 Å². The average Bonchev–Trinajstić information content (AvgIpc) is 3.22. The quantitative estimate of drug-likeness (QED) is 0.619. The van der Waals surface area contributed by atoms with Crippen LogP contribution in [0.1, 0.15) is 25.5 Å². The lowest BCUT2D eigenvalue weighted by molar-refractivity contribution is -0.114. The van der Waals surface area contributed by atoms with E-state index in [1.165, 1.54) is 32.2 Å². The van der Waals surface area contributed by atoms with Gasteiger partial charge < -0.3 is 14.6 Å². The Balaban J connectivity index is 1.80. The number of imidazole rings is 1. The van der Waals surface area contributed by atoms with Crippen molar-refractivity contribution in [3.05, 3.63) is 66.7 Å². The minimum absolute atomic E-state index is 0.0314. The number of aromatic nitrogens is 2. The van der Waals surface area contributed by atoms with Crippen LogP contribution in [0.3, 0.4) is 0 Å². The van der Waals surface area contributed by atoms with Crippen LogP contribution in [0.4, 0.5) is 5.69 Å². The number of ether oxygens (including phenoxy) is 1. The molecule has 8 nitrogen and oxygen atoms in total. The first-order valence-corrected chi connectivity index (χ1v) is 10.3. The number of nitrogens with one attached hydrogen (secondary N) is 2. The van der Waals surface area contributed by atoms with E-state index in [-0.39, 0.29) is 10.8 Å². The van der Waals surface area contributed by atoms with Crippen LogP contribution in [-0.2, 0) is 14.8 Å². The van der Waals surface area contributed by atoms with Crippen molar-refractivity contribution < 1.29 is 17.9 Å². The minimum atomic E-state index is -3.82. The molecule has 1 aromatic heterocycles.